The van der Waals surface area contributed by atoms with Crippen molar-refractivity contribution in [3.63, 3.8) is 0 Å². The third kappa shape index (κ3) is 3.00. The highest BCUT2D eigenvalue weighted by Gasteiger charge is 1.99. The highest BCUT2D eigenvalue weighted by atomic mass is 16.4. The minimum absolute atomic E-state index is 0.219. The Bertz CT molecular complexity index is 345. The number of rotatable bonds is 3. The Morgan fingerprint density at radius 1 is 1.71 bits per heavy atom. The first-order chi connectivity index (χ1) is 6.72. The van der Waals surface area contributed by atoms with Crippen LogP contribution in [0.3, 0.4) is 0 Å². The van der Waals surface area contributed by atoms with Crippen molar-refractivity contribution in [2.75, 3.05) is 5.32 Å². The van der Waals surface area contributed by atoms with Crippen molar-refractivity contribution in [3.05, 3.63) is 24.0 Å². The third-order valence-corrected chi connectivity index (χ3v) is 1.38. The van der Waals surface area contributed by atoms with E-state index >= 15 is 0 Å². The van der Waals surface area contributed by atoms with Gasteiger partial charge in [-0.1, -0.05) is 0 Å². The number of hydrogen-bond acceptors (Lipinski definition) is 4. The van der Waals surface area contributed by atoms with Gasteiger partial charge in [0.25, 0.3) is 0 Å². The van der Waals surface area contributed by atoms with E-state index in [2.05, 4.69) is 20.3 Å². The second kappa shape index (κ2) is 4.68. The average Bonchev–Trinajstić information content (AvgIpc) is 2.16. The summed E-state index contributed by atoms with van der Waals surface area (Å²) in [6, 6.07) is 3.18. The zero-order chi connectivity index (χ0) is 10.4. The fraction of sp³-hybridized carbons (Fsp3) is 0.143. The molecular weight excluding hydrogens is 186 g/mol. The number of anilines is 1. The summed E-state index contributed by atoms with van der Waals surface area (Å²) < 4.78 is 0. The maximum atomic E-state index is 10.2. The summed E-state index contributed by atoms with van der Waals surface area (Å²) in [5.41, 5.74) is 7.44. The zero-order valence-corrected chi connectivity index (χ0v) is 7.14. The molecule has 1 aromatic rings. The third-order valence-electron chi connectivity index (χ3n) is 1.38. The maximum absolute atomic E-state index is 10.2. The molecule has 7 nitrogen and oxygen atoms in total. The predicted molar refractivity (Wildman–Crippen MR) is 46.9 cm³/mol. The molecule has 0 atom stereocenters. The van der Waals surface area contributed by atoms with Crippen LogP contribution in [0.15, 0.2) is 23.4 Å². The number of nitrogens with one attached hydrogen (secondary N) is 2. The number of hydrogen-bond donors (Lipinski definition) is 3. The first kappa shape index (κ1) is 9.82. The molecule has 0 fully saturated rings. The van der Waals surface area contributed by atoms with Crippen molar-refractivity contribution < 1.29 is 9.90 Å². The number of aromatic nitrogens is 1. The van der Waals surface area contributed by atoms with Gasteiger partial charge in [0.05, 0.1) is 17.6 Å². The van der Waals surface area contributed by atoms with Gasteiger partial charge in [0.1, 0.15) is 10.6 Å². The Morgan fingerprint density at radius 3 is 3.00 bits per heavy atom. The summed E-state index contributed by atoms with van der Waals surface area (Å²) in [5, 5.41) is 14.0. The van der Waals surface area contributed by atoms with E-state index in [4.69, 9.17) is 10.6 Å². The van der Waals surface area contributed by atoms with Crippen molar-refractivity contribution in [3.8, 4) is 0 Å². The van der Waals surface area contributed by atoms with Gasteiger partial charge in [0, 0.05) is 0 Å². The second-order valence-corrected chi connectivity index (χ2v) is 2.37. The van der Waals surface area contributed by atoms with Crippen LogP contribution in [0.1, 0.15) is 5.69 Å². The molecule has 72 valence electrons. The largest absolute Gasteiger partial charge is 0.465 e. The van der Waals surface area contributed by atoms with Gasteiger partial charge >= 0.3 is 6.09 Å². The molecule has 0 aliphatic heterocycles. The topological polar surface area (TPSA) is 113 Å². The van der Waals surface area contributed by atoms with Gasteiger partial charge in [0.15, 0.2) is 6.54 Å². The summed E-state index contributed by atoms with van der Waals surface area (Å²) in [6.45, 7) is 0.219. The molecule has 0 unspecified atom stereocenters. The molecule has 0 aromatic carbocycles. The SMILES string of the molecule is N=[N+]=NCc1ccc(NC(=O)O)cn1. The number of nitrogens with zero attached hydrogens (tertiary/aromatic N) is 3. The van der Waals surface area contributed by atoms with Crippen LogP contribution in [0.25, 0.3) is 0 Å². The van der Waals surface area contributed by atoms with Crippen LogP contribution in [-0.2, 0) is 6.54 Å². The standard InChI is InChI=1S/C7H7N5O2/c8-12-10-4-5-1-2-6(3-9-5)11-7(13)14/h1-3,8,11H,4H2/p+1. The summed E-state index contributed by atoms with van der Waals surface area (Å²) in [5.74, 6) is 0. The molecular formula is C7H8N5O2+. The molecule has 0 saturated carbocycles. The van der Waals surface area contributed by atoms with Crippen molar-refractivity contribution in [2.45, 2.75) is 6.54 Å². The van der Waals surface area contributed by atoms with E-state index < -0.39 is 6.09 Å². The first-order valence-corrected chi connectivity index (χ1v) is 3.70. The van der Waals surface area contributed by atoms with Gasteiger partial charge in [-0.25, -0.2) is 4.79 Å². The van der Waals surface area contributed by atoms with E-state index in [0.717, 1.165) is 0 Å². The zero-order valence-electron chi connectivity index (χ0n) is 7.14. The Labute approximate surface area is 79.0 Å². The molecule has 0 radical (unpaired) electrons. The van der Waals surface area contributed by atoms with E-state index in [0.29, 0.717) is 11.4 Å². The predicted octanol–water partition coefficient (Wildman–Crippen LogP) is 1.22. The lowest BCUT2D eigenvalue weighted by Crippen LogP contribution is -2.07. The van der Waals surface area contributed by atoms with E-state index in [1.165, 1.54) is 6.20 Å². The Balaban J connectivity index is 2.68. The van der Waals surface area contributed by atoms with E-state index in [-0.39, 0.29) is 6.54 Å². The van der Waals surface area contributed by atoms with Crippen LogP contribution in [0.4, 0.5) is 10.5 Å². The second-order valence-electron chi connectivity index (χ2n) is 2.37. The highest BCUT2D eigenvalue weighted by Crippen LogP contribution is 2.06. The normalized spacial score (nSPS) is 8.86. The van der Waals surface area contributed by atoms with Gasteiger partial charge in [0.2, 0.25) is 4.91 Å². The van der Waals surface area contributed by atoms with Crippen LogP contribution in [0.2, 0.25) is 0 Å². The van der Waals surface area contributed by atoms with Crippen LogP contribution >= 0.6 is 0 Å². The van der Waals surface area contributed by atoms with E-state index in [9.17, 15) is 4.79 Å². The lowest BCUT2D eigenvalue weighted by Gasteiger charge is -1.99. The van der Waals surface area contributed by atoms with Crippen LogP contribution in [0, 0.1) is 5.53 Å². The molecule has 1 amide bonds. The Morgan fingerprint density at radius 2 is 2.50 bits per heavy atom. The molecule has 0 spiro atoms. The molecule has 7 heteroatoms. The number of carbonyl (C=O) groups is 1. The van der Waals surface area contributed by atoms with Gasteiger partial charge in [-0.15, -0.1) is 0 Å². The van der Waals surface area contributed by atoms with Crippen molar-refractivity contribution >= 4 is 11.8 Å². The lowest BCUT2D eigenvalue weighted by atomic mass is 10.3. The molecule has 0 bridgehead atoms. The summed E-state index contributed by atoms with van der Waals surface area (Å²) in [6.07, 6.45) is 0.244. The van der Waals surface area contributed by atoms with Gasteiger partial charge in [-0.3, -0.25) is 10.3 Å². The minimum Gasteiger partial charge on any atom is -0.465 e. The fourth-order valence-corrected chi connectivity index (χ4v) is 0.823. The summed E-state index contributed by atoms with van der Waals surface area (Å²) in [7, 11) is 0. The highest BCUT2D eigenvalue weighted by molar-refractivity contribution is 5.82. The maximum Gasteiger partial charge on any atom is 0.409 e. The molecule has 0 saturated heterocycles. The van der Waals surface area contributed by atoms with Gasteiger partial charge in [-0.2, -0.15) is 0 Å². The molecule has 14 heavy (non-hydrogen) atoms. The van der Waals surface area contributed by atoms with Gasteiger partial charge < -0.3 is 5.11 Å². The molecule has 1 rings (SSSR count). The average molecular weight is 194 g/mol. The van der Waals surface area contributed by atoms with E-state index in [1.54, 1.807) is 12.1 Å². The lowest BCUT2D eigenvalue weighted by molar-refractivity contribution is 0.209. The minimum atomic E-state index is -1.13. The van der Waals surface area contributed by atoms with E-state index in [1.807, 2.05) is 0 Å². The Kier molecular flexibility index (Phi) is 3.28. The molecule has 1 aromatic heterocycles. The first-order valence-electron chi connectivity index (χ1n) is 3.70. The quantitative estimate of drug-likeness (QED) is 0.496. The number of pyridine rings is 1. The molecule has 3 N–H and O–H groups in total. The summed E-state index contributed by atoms with van der Waals surface area (Å²) >= 11 is 0. The monoisotopic (exact) mass is 194 g/mol. The summed E-state index contributed by atoms with van der Waals surface area (Å²) in [4.78, 5) is 17.0. The van der Waals surface area contributed by atoms with Crippen molar-refractivity contribution in [1.29, 1.82) is 5.53 Å². The van der Waals surface area contributed by atoms with Crippen molar-refractivity contribution in [2.24, 2.45) is 5.11 Å². The van der Waals surface area contributed by atoms with Crippen molar-refractivity contribution in [1.82, 2.24) is 9.90 Å². The number of carboxylic acid groups (broad SMARTS) is 1. The smallest absolute Gasteiger partial charge is 0.409 e. The number of amides is 1. The Hall–Kier alpha value is -2.27. The molecule has 0 aliphatic carbocycles. The van der Waals surface area contributed by atoms with Crippen LogP contribution in [0.5, 0.6) is 0 Å². The van der Waals surface area contributed by atoms with Crippen LogP contribution in [-0.4, -0.2) is 16.2 Å². The fourth-order valence-electron chi connectivity index (χ4n) is 0.823. The molecule has 1 heterocycles. The van der Waals surface area contributed by atoms with Gasteiger partial charge in [-0.05, 0) is 12.1 Å². The van der Waals surface area contributed by atoms with Crippen LogP contribution < -0.4 is 10.2 Å². The molecule has 0 aliphatic rings.